The molecule has 4 heteroatoms. The SMILES string of the molecule is C=C1C[C@@H]2[C@H](CC[C@]3(C)C(=O)CC[C@@H]23)[C@@]2(C)C(COC(C)=O)=CC(=O)C=C12. The maximum absolute atomic E-state index is 12.6. The number of ketones is 2. The minimum Gasteiger partial charge on any atom is -0.461 e. The summed E-state index contributed by atoms with van der Waals surface area (Å²) in [5, 5.41) is 0. The van der Waals surface area contributed by atoms with Gasteiger partial charge in [-0.2, -0.15) is 0 Å². The van der Waals surface area contributed by atoms with Crippen LogP contribution in [0.2, 0.25) is 0 Å². The largest absolute Gasteiger partial charge is 0.461 e. The van der Waals surface area contributed by atoms with Crippen LogP contribution in [-0.4, -0.2) is 24.1 Å². The molecule has 0 amide bonds. The highest BCUT2D eigenvalue weighted by atomic mass is 16.5. The van der Waals surface area contributed by atoms with Gasteiger partial charge in [-0.05, 0) is 66.7 Å². The molecule has 0 aromatic rings. The quantitative estimate of drug-likeness (QED) is 0.692. The van der Waals surface area contributed by atoms with Crippen LogP contribution in [0.1, 0.15) is 52.9 Å². The third-order valence-corrected chi connectivity index (χ3v) is 8.01. The van der Waals surface area contributed by atoms with Gasteiger partial charge in [0.2, 0.25) is 0 Å². The topological polar surface area (TPSA) is 60.4 Å². The second-order valence-electron chi connectivity index (χ2n) is 9.22. The van der Waals surface area contributed by atoms with Crippen molar-refractivity contribution in [3.05, 3.63) is 35.5 Å². The lowest BCUT2D eigenvalue weighted by atomic mass is 9.46. The summed E-state index contributed by atoms with van der Waals surface area (Å²) in [7, 11) is 0. The molecule has 0 aromatic heterocycles. The van der Waals surface area contributed by atoms with Crippen LogP contribution >= 0.6 is 0 Å². The number of carbonyl (C=O) groups excluding carboxylic acids is 3. The molecule has 5 atom stereocenters. The van der Waals surface area contributed by atoms with E-state index in [4.69, 9.17) is 4.74 Å². The van der Waals surface area contributed by atoms with Crippen LogP contribution in [-0.2, 0) is 19.1 Å². The Morgan fingerprint density at radius 1 is 1.22 bits per heavy atom. The number of hydrogen-bond donors (Lipinski definition) is 0. The highest BCUT2D eigenvalue weighted by Crippen LogP contribution is 2.65. The molecule has 27 heavy (non-hydrogen) atoms. The fourth-order valence-corrected chi connectivity index (χ4v) is 6.56. The maximum atomic E-state index is 12.6. The van der Waals surface area contributed by atoms with E-state index in [2.05, 4.69) is 20.4 Å². The molecule has 0 aromatic carbocycles. The summed E-state index contributed by atoms with van der Waals surface area (Å²) in [6.45, 7) is 10.2. The molecule has 0 unspecified atom stereocenters. The van der Waals surface area contributed by atoms with Gasteiger partial charge in [0.05, 0.1) is 0 Å². The Bertz CT molecular complexity index is 816. The molecule has 0 spiro atoms. The Hall–Kier alpha value is -1.97. The Morgan fingerprint density at radius 2 is 1.96 bits per heavy atom. The lowest BCUT2D eigenvalue weighted by molar-refractivity contribution is -0.141. The number of esters is 1. The molecule has 4 aliphatic rings. The Labute approximate surface area is 160 Å². The zero-order valence-electron chi connectivity index (χ0n) is 16.5. The summed E-state index contributed by atoms with van der Waals surface area (Å²) < 4.78 is 5.31. The van der Waals surface area contributed by atoms with Crippen LogP contribution in [0.15, 0.2) is 35.5 Å². The van der Waals surface area contributed by atoms with E-state index in [0.29, 0.717) is 30.0 Å². The van der Waals surface area contributed by atoms with Gasteiger partial charge < -0.3 is 4.74 Å². The maximum Gasteiger partial charge on any atom is 0.302 e. The second kappa shape index (κ2) is 6.02. The van der Waals surface area contributed by atoms with Crippen LogP contribution < -0.4 is 0 Å². The van der Waals surface area contributed by atoms with Crippen LogP contribution in [0.4, 0.5) is 0 Å². The average molecular weight is 368 g/mol. The Morgan fingerprint density at radius 3 is 2.67 bits per heavy atom. The standard InChI is InChI=1S/C23H28O4/c1-13-9-17-18-5-6-21(26)22(18,3)8-7-19(17)23(4)15(12-27-14(2)24)10-16(25)11-20(13)23/h10-11,17-19H,1,5-9,12H2,2-4H3/t17-,18-,19-,22-,23+/m0/s1. The molecule has 0 N–H and O–H groups in total. The lowest BCUT2D eigenvalue weighted by Gasteiger charge is -2.57. The summed E-state index contributed by atoms with van der Waals surface area (Å²) in [6, 6.07) is 0. The molecule has 144 valence electrons. The van der Waals surface area contributed by atoms with Gasteiger partial charge in [-0.3, -0.25) is 14.4 Å². The van der Waals surface area contributed by atoms with Gasteiger partial charge >= 0.3 is 5.97 Å². The van der Waals surface area contributed by atoms with Gasteiger partial charge in [-0.15, -0.1) is 0 Å². The van der Waals surface area contributed by atoms with Gasteiger partial charge in [0.25, 0.3) is 0 Å². The first kappa shape index (κ1) is 18.4. The van der Waals surface area contributed by atoms with Crippen molar-refractivity contribution in [3.63, 3.8) is 0 Å². The molecule has 4 aliphatic carbocycles. The fourth-order valence-electron chi connectivity index (χ4n) is 6.56. The Kier molecular flexibility index (Phi) is 4.10. The number of fused-ring (bicyclic) bond motifs is 5. The fraction of sp³-hybridized carbons (Fsp3) is 0.609. The predicted molar refractivity (Wildman–Crippen MR) is 102 cm³/mol. The average Bonchev–Trinajstić information content (AvgIpc) is 2.90. The molecule has 0 radical (unpaired) electrons. The van der Waals surface area contributed by atoms with E-state index in [1.165, 1.54) is 6.92 Å². The summed E-state index contributed by atoms with van der Waals surface area (Å²) in [6.07, 6.45) is 7.73. The normalized spacial score (nSPS) is 40.6. The molecular formula is C23H28O4. The number of carbonyl (C=O) groups is 3. The minimum absolute atomic E-state index is 0.0547. The van der Waals surface area contributed by atoms with Gasteiger partial charge in [0, 0.05) is 24.2 Å². The summed E-state index contributed by atoms with van der Waals surface area (Å²) in [5.74, 6) is 1.13. The number of ether oxygens (including phenoxy) is 1. The number of rotatable bonds is 2. The number of allylic oxidation sites excluding steroid dienone is 4. The third kappa shape index (κ3) is 2.52. The van der Waals surface area contributed by atoms with Crippen LogP contribution in [0.5, 0.6) is 0 Å². The van der Waals surface area contributed by atoms with Crippen molar-refractivity contribution in [3.8, 4) is 0 Å². The highest BCUT2D eigenvalue weighted by molar-refractivity contribution is 6.02. The van der Waals surface area contributed by atoms with E-state index in [-0.39, 0.29) is 29.2 Å². The predicted octanol–water partition coefficient (Wildman–Crippen LogP) is 3.96. The molecule has 4 nitrogen and oxygen atoms in total. The monoisotopic (exact) mass is 368 g/mol. The first-order valence-corrected chi connectivity index (χ1v) is 10.00. The van der Waals surface area contributed by atoms with E-state index < -0.39 is 0 Å². The molecule has 3 fully saturated rings. The second-order valence-corrected chi connectivity index (χ2v) is 9.22. The van der Waals surface area contributed by atoms with Crippen LogP contribution in [0.25, 0.3) is 0 Å². The third-order valence-electron chi connectivity index (χ3n) is 8.01. The van der Waals surface area contributed by atoms with Crippen LogP contribution in [0, 0.1) is 28.6 Å². The molecule has 4 rings (SSSR count). The summed E-state index contributed by atoms with van der Waals surface area (Å²) >= 11 is 0. The molecule has 0 aliphatic heterocycles. The summed E-state index contributed by atoms with van der Waals surface area (Å²) in [4.78, 5) is 36.3. The smallest absolute Gasteiger partial charge is 0.302 e. The molecule has 0 saturated heterocycles. The van der Waals surface area contributed by atoms with E-state index in [9.17, 15) is 14.4 Å². The van der Waals surface area contributed by atoms with Crippen molar-refractivity contribution >= 4 is 17.5 Å². The number of hydrogen-bond acceptors (Lipinski definition) is 4. The van der Waals surface area contributed by atoms with E-state index in [0.717, 1.165) is 42.4 Å². The van der Waals surface area contributed by atoms with Gasteiger partial charge in [-0.25, -0.2) is 0 Å². The van der Waals surface area contributed by atoms with Crippen molar-refractivity contribution in [1.29, 1.82) is 0 Å². The van der Waals surface area contributed by atoms with E-state index in [1.54, 1.807) is 12.2 Å². The van der Waals surface area contributed by atoms with Gasteiger partial charge in [0.15, 0.2) is 5.78 Å². The minimum atomic E-state index is -0.351. The van der Waals surface area contributed by atoms with E-state index in [1.807, 2.05) is 0 Å². The van der Waals surface area contributed by atoms with Gasteiger partial charge in [-0.1, -0.05) is 26.0 Å². The van der Waals surface area contributed by atoms with Crippen molar-refractivity contribution in [2.24, 2.45) is 28.6 Å². The molecule has 3 saturated carbocycles. The van der Waals surface area contributed by atoms with Gasteiger partial charge in [0.1, 0.15) is 12.4 Å². The molecule has 0 heterocycles. The van der Waals surface area contributed by atoms with Crippen molar-refractivity contribution < 1.29 is 19.1 Å². The summed E-state index contributed by atoms with van der Waals surface area (Å²) in [5.41, 5.74) is 2.33. The zero-order valence-corrected chi connectivity index (χ0v) is 16.5. The first-order chi connectivity index (χ1) is 12.7. The highest BCUT2D eigenvalue weighted by Gasteiger charge is 2.60. The van der Waals surface area contributed by atoms with Crippen molar-refractivity contribution in [2.75, 3.05) is 6.61 Å². The molecular weight excluding hydrogens is 340 g/mol. The van der Waals surface area contributed by atoms with Crippen molar-refractivity contribution in [2.45, 2.75) is 52.9 Å². The Balaban J connectivity index is 1.76. The van der Waals surface area contributed by atoms with E-state index >= 15 is 0 Å². The van der Waals surface area contributed by atoms with Crippen LogP contribution in [0.3, 0.4) is 0 Å². The first-order valence-electron chi connectivity index (χ1n) is 10.00. The molecule has 0 bridgehead atoms. The zero-order chi connectivity index (χ0) is 19.6. The lowest BCUT2D eigenvalue weighted by Crippen LogP contribution is -2.52. The number of Topliss-reactive ketones (excluding diaryl/α,β-unsaturated/α-hetero) is 1. The van der Waals surface area contributed by atoms with Crippen molar-refractivity contribution in [1.82, 2.24) is 0 Å².